The van der Waals surface area contributed by atoms with Crippen LogP contribution in [0.5, 0.6) is 11.5 Å². The van der Waals surface area contributed by atoms with Crippen LogP contribution in [-0.2, 0) is 4.66 Å². The molecule has 9 heteroatoms. The highest BCUT2D eigenvalue weighted by Gasteiger charge is 2.66. The van der Waals surface area contributed by atoms with Gasteiger partial charge in [-0.15, -0.1) is 0 Å². The number of nitrogens with zero attached hydrogens (tertiary/aromatic N) is 3. The van der Waals surface area contributed by atoms with E-state index in [1.807, 2.05) is 24.7 Å². The molecule has 0 spiro atoms. The van der Waals surface area contributed by atoms with E-state index >= 15 is 0 Å². The molecule has 0 saturated heterocycles. The largest absolute Gasteiger partial charge is 0.474 e. The first-order valence-electron chi connectivity index (χ1n) is 22.4. The first-order valence-corrected chi connectivity index (χ1v) is 30.4. The molecule has 12 rings (SSSR count). The van der Waals surface area contributed by atoms with E-state index in [4.69, 9.17) is 18.6 Å². The van der Waals surface area contributed by atoms with E-state index in [2.05, 4.69) is 223 Å². The van der Waals surface area contributed by atoms with Crippen molar-refractivity contribution in [1.29, 1.82) is 0 Å². The van der Waals surface area contributed by atoms with Crippen LogP contribution in [0.25, 0.3) is 33.5 Å². The molecule has 4 aromatic heterocycles. The number of ether oxygens (including phenoxy) is 1. The molecule has 0 saturated carbocycles. The second-order valence-electron chi connectivity index (χ2n) is 18.3. The van der Waals surface area contributed by atoms with Crippen molar-refractivity contribution in [1.82, 2.24) is 14.0 Å². The molecule has 5 heterocycles. The van der Waals surface area contributed by atoms with Gasteiger partial charge >= 0.3 is 0 Å². The van der Waals surface area contributed by atoms with Crippen molar-refractivity contribution >= 4 is 83.6 Å². The third kappa shape index (κ3) is 5.40. The Labute approximate surface area is 381 Å². The van der Waals surface area contributed by atoms with Crippen LogP contribution in [-0.4, -0.2) is 38.2 Å². The van der Waals surface area contributed by atoms with Gasteiger partial charge in [0.15, 0.2) is 8.07 Å². The van der Waals surface area contributed by atoms with Crippen LogP contribution < -0.4 is 36.3 Å². The van der Waals surface area contributed by atoms with Crippen molar-refractivity contribution in [2.45, 2.75) is 30.8 Å². The van der Waals surface area contributed by atoms with Crippen molar-refractivity contribution in [3.8, 4) is 17.2 Å². The average Bonchev–Trinajstić information content (AvgIpc) is 4.19. The molecule has 0 radical (unpaired) electrons. The minimum Gasteiger partial charge on any atom is -0.474 e. The van der Waals surface area contributed by atoms with Crippen LogP contribution in [0, 0.1) is 0 Å². The van der Waals surface area contributed by atoms with Crippen LogP contribution in [0.1, 0.15) is 11.1 Å². The number of furan rings is 2. The molecule has 0 N–H and O–H groups in total. The van der Waals surface area contributed by atoms with E-state index in [1.54, 1.807) is 0 Å². The zero-order chi connectivity index (χ0) is 44.0. The van der Waals surface area contributed by atoms with Gasteiger partial charge in [0.05, 0.1) is 45.4 Å². The van der Waals surface area contributed by atoms with Gasteiger partial charge in [-0.3, -0.25) is 8.97 Å². The van der Waals surface area contributed by atoms with E-state index < -0.39 is 28.9 Å². The standard InChI is InChI=1S/C56H47N3O3Si3/c1-63(2,52-35-19-37-60-52)56(64(3,4)53-36-20-38-61-53)44-27-11-16-33-50(44)62-54-45(56)28-18-34-51(54)65(41-22-7-5-8-23-41,42-24-9-6-10-25-42)43-26-17-21-40(39-43)58-48-31-14-15-32-49(48)59-47-30-13-12-29-46(47)57-55(58)59/h5-39H,1-4H3. The Morgan fingerprint density at radius 3 is 1.69 bits per heavy atom. The Balaban J connectivity index is 1.22. The summed E-state index contributed by atoms with van der Waals surface area (Å²) in [7, 11) is -8.79. The van der Waals surface area contributed by atoms with Gasteiger partial charge in [-0.05, 0) is 87.5 Å². The number of rotatable bonds is 9. The number of hydrogen-bond donors (Lipinski definition) is 0. The Morgan fingerprint density at radius 1 is 0.477 bits per heavy atom. The van der Waals surface area contributed by atoms with Gasteiger partial charge in [0, 0.05) is 21.5 Å². The molecular weight excluding hydrogens is 847 g/mol. The van der Waals surface area contributed by atoms with Gasteiger partial charge in [0.1, 0.15) is 27.6 Å². The lowest BCUT2D eigenvalue weighted by atomic mass is 9.98. The van der Waals surface area contributed by atoms with Gasteiger partial charge in [-0.25, -0.2) is 4.98 Å². The fourth-order valence-corrected chi connectivity index (χ4v) is 29.8. The molecule has 0 atom stereocenters. The number of fused-ring (bicyclic) bond motifs is 7. The number of hydrogen-bond acceptors (Lipinski definition) is 4. The topological polar surface area (TPSA) is 57.7 Å². The second kappa shape index (κ2) is 14.7. The predicted molar refractivity (Wildman–Crippen MR) is 272 cm³/mol. The summed E-state index contributed by atoms with van der Waals surface area (Å²) < 4.78 is 24.9. The fourth-order valence-electron chi connectivity index (χ4n) is 12.0. The van der Waals surface area contributed by atoms with Crippen molar-refractivity contribution in [3.63, 3.8) is 0 Å². The van der Waals surface area contributed by atoms with Crippen LogP contribution in [0.4, 0.5) is 0 Å². The number of imidazole rings is 2. The Morgan fingerprint density at radius 2 is 1.03 bits per heavy atom. The van der Waals surface area contributed by atoms with Crippen molar-refractivity contribution < 1.29 is 13.6 Å². The van der Waals surface area contributed by atoms with Gasteiger partial charge in [0.2, 0.25) is 5.78 Å². The lowest BCUT2D eigenvalue weighted by molar-refractivity contribution is 0.451. The van der Waals surface area contributed by atoms with Gasteiger partial charge < -0.3 is 13.6 Å². The van der Waals surface area contributed by atoms with Crippen molar-refractivity contribution in [2.75, 3.05) is 0 Å². The molecule has 0 bridgehead atoms. The Bertz CT molecular complexity index is 3450. The highest BCUT2D eigenvalue weighted by Crippen LogP contribution is 2.56. The zero-order valence-corrected chi connectivity index (χ0v) is 39.8. The van der Waals surface area contributed by atoms with Gasteiger partial charge in [0.25, 0.3) is 0 Å². The summed E-state index contributed by atoms with van der Waals surface area (Å²) in [6.07, 6.45) is 3.68. The molecule has 1 aliphatic heterocycles. The normalized spacial score (nSPS) is 13.8. The van der Waals surface area contributed by atoms with Crippen LogP contribution in [0.3, 0.4) is 0 Å². The maximum absolute atomic E-state index is 7.61. The summed E-state index contributed by atoms with van der Waals surface area (Å²) in [5.74, 6) is 2.70. The number of para-hydroxylation sites is 6. The molecule has 65 heavy (non-hydrogen) atoms. The van der Waals surface area contributed by atoms with Crippen LogP contribution in [0.15, 0.2) is 222 Å². The molecule has 11 aromatic rings. The first-order chi connectivity index (χ1) is 31.8. The summed E-state index contributed by atoms with van der Waals surface area (Å²) in [5, 5.41) is 7.08. The van der Waals surface area contributed by atoms with Crippen molar-refractivity contribution in [2.24, 2.45) is 0 Å². The maximum Gasteiger partial charge on any atom is 0.220 e. The second-order valence-corrected chi connectivity index (χ2v) is 31.6. The van der Waals surface area contributed by atoms with E-state index in [-0.39, 0.29) is 0 Å². The maximum atomic E-state index is 7.61. The highest BCUT2D eigenvalue weighted by molar-refractivity contribution is 7.20. The average molecular weight is 894 g/mol. The van der Waals surface area contributed by atoms with Gasteiger partial charge in [-0.2, -0.15) is 0 Å². The third-order valence-electron chi connectivity index (χ3n) is 14.5. The molecule has 1 aliphatic rings. The van der Waals surface area contributed by atoms with E-state index in [1.165, 1.54) is 31.9 Å². The molecule has 0 fully saturated rings. The summed E-state index contributed by atoms with van der Waals surface area (Å²) in [4.78, 5) is 5.29. The molecule has 0 unspecified atom stereocenters. The lowest BCUT2D eigenvalue weighted by Gasteiger charge is -2.55. The Hall–Kier alpha value is -7.18. The smallest absolute Gasteiger partial charge is 0.220 e. The van der Waals surface area contributed by atoms with Crippen molar-refractivity contribution in [3.05, 3.63) is 224 Å². The number of benzene rings is 7. The number of aromatic nitrogens is 3. The lowest BCUT2D eigenvalue weighted by Crippen LogP contribution is -2.77. The summed E-state index contributed by atoms with van der Waals surface area (Å²) >= 11 is 0. The quantitative estimate of drug-likeness (QED) is 0.107. The minimum absolute atomic E-state index is 0.510. The summed E-state index contributed by atoms with van der Waals surface area (Å²) in [6, 6.07) is 73.0. The Kier molecular flexibility index (Phi) is 8.90. The van der Waals surface area contributed by atoms with E-state index in [0.29, 0.717) is 0 Å². The highest BCUT2D eigenvalue weighted by atomic mass is 28.4. The molecule has 316 valence electrons. The predicted octanol–water partition coefficient (Wildman–Crippen LogP) is 9.70. The summed E-state index contributed by atoms with van der Waals surface area (Å²) in [6.45, 7) is 9.97. The molecule has 6 nitrogen and oxygen atoms in total. The third-order valence-corrected chi connectivity index (χ3v) is 30.9. The monoisotopic (exact) mass is 893 g/mol. The van der Waals surface area contributed by atoms with E-state index in [9.17, 15) is 0 Å². The minimum atomic E-state index is -3.31. The fraction of sp³-hybridized carbons (Fsp3) is 0.0893. The molecule has 7 aromatic carbocycles. The SMILES string of the molecule is C[Si](C)(c1ccco1)C1([Si](C)(C)c2ccco2)c2ccccc2Oc2c1cccc2[Si](c1ccccc1)(c1ccccc1)c1cccc(-n2c3ccccc3n3c4ccccc4nc23)c1. The summed E-state index contributed by atoms with van der Waals surface area (Å²) in [5.41, 5.74) is 7.73. The first kappa shape index (κ1) is 39.4. The molecule has 0 aliphatic carbocycles. The van der Waals surface area contributed by atoms with Crippen LogP contribution in [0.2, 0.25) is 26.2 Å². The molecular formula is C56H47N3O3Si3. The van der Waals surface area contributed by atoms with E-state index in [0.717, 1.165) is 55.8 Å². The zero-order valence-electron chi connectivity index (χ0n) is 36.8. The van der Waals surface area contributed by atoms with Gasteiger partial charge in [-0.1, -0.05) is 160 Å². The molecule has 0 amide bonds. The van der Waals surface area contributed by atoms with Crippen LogP contribution >= 0.6 is 0 Å².